The molecule has 1 unspecified atom stereocenters. The highest BCUT2D eigenvalue weighted by molar-refractivity contribution is 9.11. The first-order chi connectivity index (χ1) is 10.2. The molecule has 0 radical (unpaired) electrons. The number of rotatable bonds is 4. The summed E-state index contributed by atoms with van der Waals surface area (Å²) in [5.41, 5.74) is 0.327. The van der Waals surface area contributed by atoms with E-state index in [1.165, 1.54) is 12.1 Å². The molecule has 8 heteroatoms. The van der Waals surface area contributed by atoms with Crippen LogP contribution in [0.4, 0.5) is 8.78 Å². The molecule has 0 bridgehead atoms. The Morgan fingerprint density at radius 1 is 1.05 bits per heavy atom. The van der Waals surface area contributed by atoms with E-state index in [0.29, 0.717) is 14.5 Å². The van der Waals surface area contributed by atoms with Crippen LogP contribution in [-0.2, 0) is 10.0 Å². The van der Waals surface area contributed by atoms with Crippen LogP contribution < -0.4 is 4.72 Å². The fourth-order valence-corrected chi connectivity index (χ4v) is 4.56. The Bertz CT molecular complexity index is 812. The van der Waals surface area contributed by atoms with E-state index < -0.39 is 27.7 Å². The third-order valence-electron chi connectivity index (χ3n) is 2.96. The maximum absolute atomic E-state index is 13.2. The van der Waals surface area contributed by atoms with Crippen molar-refractivity contribution in [2.75, 3.05) is 0 Å². The highest BCUT2D eigenvalue weighted by atomic mass is 79.9. The molecule has 2 rings (SSSR count). The lowest BCUT2D eigenvalue weighted by molar-refractivity contribution is 0.504. The Morgan fingerprint density at radius 2 is 1.73 bits per heavy atom. The minimum Gasteiger partial charge on any atom is -0.207 e. The molecular formula is C14H11Br2F2NO2S. The van der Waals surface area contributed by atoms with Gasteiger partial charge >= 0.3 is 0 Å². The molecule has 0 aliphatic carbocycles. The quantitative estimate of drug-likeness (QED) is 0.737. The zero-order valence-corrected chi connectivity index (χ0v) is 15.3. The van der Waals surface area contributed by atoms with Crippen LogP contribution in [0.1, 0.15) is 18.5 Å². The van der Waals surface area contributed by atoms with Gasteiger partial charge < -0.3 is 0 Å². The van der Waals surface area contributed by atoms with Crippen LogP contribution in [0, 0.1) is 11.6 Å². The van der Waals surface area contributed by atoms with Gasteiger partial charge in [-0.2, -0.15) is 0 Å². The highest BCUT2D eigenvalue weighted by Crippen LogP contribution is 2.27. The van der Waals surface area contributed by atoms with Gasteiger partial charge in [0.25, 0.3) is 0 Å². The van der Waals surface area contributed by atoms with E-state index in [4.69, 9.17) is 0 Å². The van der Waals surface area contributed by atoms with Crippen molar-refractivity contribution < 1.29 is 17.2 Å². The molecule has 0 saturated carbocycles. The number of benzene rings is 2. The molecular weight excluding hydrogens is 444 g/mol. The monoisotopic (exact) mass is 453 g/mol. The predicted octanol–water partition coefficient (Wildman–Crippen LogP) is 4.53. The Kier molecular flexibility index (Phi) is 5.37. The first kappa shape index (κ1) is 17.5. The van der Waals surface area contributed by atoms with E-state index in [2.05, 4.69) is 36.6 Å². The first-order valence-electron chi connectivity index (χ1n) is 6.13. The Hall–Kier alpha value is -0.830. The second kappa shape index (κ2) is 6.74. The minimum atomic E-state index is -3.83. The molecule has 0 saturated heterocycles. The standard InChI is InChI=1S/C14H11Br2F2NO2S/c1-8(9-2-5-12(17)13(18)6-9)19-22(20,21)14-7-10(15)3-4-11(14)16/h2-8,19H,1H3. The number of halogens is 4. The van der Waals surface area contributed by atoms with Crippen LogP contribution in [0.2, 0.25) is 0 Å². The van der Waals surface area contributed by atoms with E-state index in [1.807, 2.05) is 0 Å². The molecule has 3 nitrogen and oxygen atoms in total. The van der Waals surface area contributed by atoms with Crippen LogP contribution in [0.25, 0.3) is 0 Å². The van der Waals surface area contributed by atoms with Gasteiger partial charge in [0, 0.05) is 15.0 Å². The van der Waals surface area contributed by atoms with Crippen LogP contribution in [0.5, 0.6) is 0 Å². The lowest BCUT2D eigenvalue weighted by Gasteiger charge is -2.16. The zero-order valence-electron chi connectivity index (χ0n) is 11.3. The number of hydrogen-bond donors (Lipinski definition) is 1. The molecule has 0 fully saturated rings. The third kappa shape index (κ3) is 3.92. The second-order valence-electron chi connectivity index (χ2n) is 4.59. The summed E-state index contributed by atoms with van der Waals surface area (Å²) in [6, 6.07) is 7.29. The Balaban J connectivity index is 2.31. The van der Waals surface area contributed by atoms with Gasteiger partial charge in [0.05, 0.1) is 4.90 Å². The molecule has 22 heavy (non-hydrogen) atoms. The van der Waals surface area contributed by atoms with Gasteiger partial charge in [-0.1, -0.05) is 22.0 Å². The largest absolute Gasteiger partial charge is 0.242 e. The van der Waals surface area contributed by atoms with Crippen LogP contribution in [-0.4, -0.2) is 8.42 Å². The maximum atomic E-state index is 13.2. The molecule has 1 atom stereocenters. The Morgan fingerprint density at radius 3 is 2.36 bits per heavy atom. The van der Waals surface area contributed by atoms with Crippen LogP contribution in [0.15, 0.2) is 50.2 Å². The van der Waals surface area contributed by atoms with Crippen molar-refractivity contribution in [3.05, 3.63) is 62.5 Å². The molecule has 118 valence electrons. The van der Waals surface area contributed by atoms with Crippen molar-refractivity contribution in [1.29, 1.82) is 0 Å². The van der Waals surface area contributed by atoms with Crippen molar-refractivity contribution in [1.82, 2.24) is 4.72 Å². The molecule has 2 aromatic rings. The Labute approximate surface area is 144 Å². The smallest absolute Gasteiger partial charge is 0.207 e. The number of sulfonamides is 1. The van der Waals surface area contributed by atoms with Crippen LogP contribution in [0.3, 0.4) is 0 Å². The van der Waals surface area contributed by atoms with Crippen molar-refractivity contribution >= 4 is 41.9 Å². The maximum Gasteiger partial charge on any atom is 0.242 e. The summed E-state index contributed by atoms with van der Waals surface area (Å²) in [6.07, 6.45) is 0. The normalized spacial score (nSPS) is 13.1. The summed E-state index contributed by atoms with van der Waals surface area (Å²) in [5.74, 6) is -2.00. The van der Waals surface area contributed by atoms with Crippen LogP contribution >= 0.6 is 31.9 Å². The van der Waals surface area contributed by atoms with E-state index in [1.54, 1.807) is 19.1 Å². The fourth-order valence-electron chi connectivity index (χ4n) is 1.83. The topological polar surface area (TPSA) is 46.2 Å². The van der Waals surface area contributed by atoms with Crippen molar-refractivity contribution in [2.45, 2.75) is 17.9 Å². The summed E-state index contributed by atoms with van der Waals surface area (Å²) in [6.45, 7) is 1.55. The molecule has 0 aliphatic rings. The average Bonchev–Trinajstić information content (AvgIpc) is 2.43. The van der Waals surface area contributed by atoms with Gasteiger partial charge in [0.15, 0.2) is 11.6 Å². The van der Waals surface area contributed by atoms with Gasteiger partial charge in [-0.3, -0.25) is 0 Å². The van der Waals surface area contributed by atoms with Crippen molar-refractivity contribution in [3.8, 4) is 0 Å². The van der Waals surface area contributed by atoms with Gasteiger partial charge in [0.2, 0.25) is 10.0 Å². The molecule has 0 aromatic heterocycles. The predicted molar refractivity (Wildman–Crippen MR) is 86.9 cm³/mol. The molecule has 1 N–H and O–H groups in total. The van der Waals surface area contributed by atoms with Gasteiger partial charge in [0.1, 0.15) is 0 Å². The highest BCUT2D eigenvalue weighted by Gasteiger charge is 2.22. The average molecular weight is 455 g/mol. The van der Waals surface area contributed by atoms with E-state index in [0.717, 1.165) is 12.1 Å². The van der Waals surface area contributed by atoms with Gasteiger partial charge in [-0.15, -0.1) is 0 Å². The van der Waals surface area contributed by atoms with E-state index in [9.17, 15) is 17.2 Å². The second-order valence-corrected chi connectivity index (χ2v) is 8.04. The minimum absolute atomic E-state index is 0.0521. The molecule has 0 amide bonds. The zero-order chi connectivity index (χ0) is 16.5. The molecule has 0 aliphatic heterocycles. The fraction of sp³-hybridized carbons (Fsp3) is 0.143. The lowest BCUT2D eigenvalue weighted by atomic mass is 10.1. The summed E-state index contributed by atoms with van der Waals surface area (Å²) < 4.78 is 54.5. The lowest BCUT2D eigenvalue weighted by Crippen LogP contribution is -2.27. The summed E-state index contributed by atoms with van der Waals surface area (Å²) >= 11 is 6.40. The van der Waals surface area contributed by atoms with Crippen molar-refractivity contribution in [2.24, 2.45) is 0 Å². The number of nitrogens with one attached hydrogen (secondary N) is 1. The SMILES string of the molecule is CC(NS(=O)(=O)c1cc(Br)ccc1Br)c1ccc(F)c(F)c1. The summed E-state index contributed by atoms with van der Waals surface area (Å²) in [4.78, 5) is 0.0521. The summed E-state index contributed by atoms with van der Waals surface area (Å²) in [7, 11) is -3.83. The molecule has 2 aromatic carbocycles. The number of hydrogen-bond acceptors (Lipinski definition) is 2. The first-order valence-corrected chi connectivity index (χ1v) is 9.20. The van der Waals surface area contributed by atoms with E-state index in [-0.39, 0.29) is 4.90 Å². The van der Waals surface area contributed by atoms with Gasteiger partial charge in [-0.05, 0) is 58.7 Å². The molecule has 0 spiro atoms. The van der Waals surface area contributed by atoms with Gasteiger partial charge in [-0.25, -0.2) is 21.9 Å². The van der Waals surface area contributed by atoms with Crippen molar-refractivity contribution in [3.63, 3.8) is 0 Å². The third-order valence-corrected chi connectivity index (χ3v) is 5.99. The summed E-state index contributed by atoms with van der Waals surface area (Å²) in [5, 5.41) is 0. The van der Waals surface area contributed by atoms with E-state index >= 15 is 0 Å². The molecule has 0 heterocycles.